The lowest BCUT2D eigenvalue weighted by atomic mass is 9.76. The molecular weight excluding hydrogens is 741 g/mol. The molecule has 0 saturated heterocycles. The second-order valence-electron chi connectivity index (χ2n) is 15.9. The van der Waals surface area contributed by atoms with Gasteiger partial charge in [-0.05, 0) is 90.1 Å². The van der Waals surface area contributed by atoms with Crippen molar-refractivity contribution in [3.05, 3.63) is 100 Å². The third-order valence-corrected chi connectivity index (χ3v) is 10.5. The Bertz CT molecular complexity index is 2130. The van der Waals surface area contributed by atoms with E-state index in [4.69, 9.17) is 18.9 Å². The number of anilines is 2. The number of carbonyl (C=O) groups is 4. The van der Waals surface area contributed by atoms with Crippen molar-refractivity contribution < 1.29 is 38.1 Å². The van der Waals surface area contributed by atoms with Gasteiger partial charge in [-0.2, -0.15) is 0 Å². The van der Waals surface area contributed by atoms with Crippen LogP contribution < -0.4 is 30.5 Å². The monoisotopic (exact) mass is 798 g/mol. The smallest absolute Gasteiger partial charge is 0.422 e. The Morgan fingerprint density at radius 3 is 2.09 bits per heavy atom. The van der Waals surface area contributed by atoms with Crippen molar-refractivity contribution in [1.29, 1.82) is 0 Å². The number of amides is 2. The molecule has 0 bridgehead atoms. The van der Waals surface area contributed by atoms with Gasteiger partial charge in [-0.15, -0.1) is 0 Å². The van der Waals surface area contributed by atoms with Gasteiger partial charge in [0, 0.05) is 35.6 Å². The molecule has 0 spiro atoms. The molecule has 1 atom stereocenters. The van der Waals surface area contributed by atoms with Gasteiger partial charge in [0.15, 0.2) is 11.8 Å². The maximum atomic E-state index is 14.1. The summed E-state index contributed by atoms with van der Waals surface area (Å²) < 4.78 is 23.7. The van der Waals surface area contributed by atoms with Crippen LogP contribution in [-0.2, 0) is 25.2 Å². The minimum absolute atomic E-state index is 0.0139. The zero-order chi connectivity index (χ0) is 42.8. The highest BCUT2D eigenvalue weighted by Crippen LogP contribution is 2.38. The number of methoxy groups -OCH3 is 2. The summed E-state index contributed by atoms with van der Waals surface area (Å²) in [5.74, 6) is -0.357. The van der Waals surface area contributed by atoms with Crippen LogP contribution in [0.5, 0.6) is 17.2 Å². The highest BCUT2D eigenvalue weighted by molar-refractivity contribution is 6.15. The molecule has 0 aliphatic heterocycles. The van der Waals surface area contributed by atoms with Crippen LogP contribution in [-0.4, -0.2) is 60.3 Å². The number of rotatable bonds is 19. The van der Waals surface area contributed by atoms with Gasteiger partial charge in [-0.3, -0.25) is 19.0 Å². The van der Waals surface area contributed by atoms with Gasteiger partial charge in [0.1, 0.15) is 17.2 Å². The number of nitrogens with zero attached hydrogens (tertiary/aromatic N) is 2. The van der Waals surface area contributed by atoms with E-state index in [2.05, 4.69) is 64.3 Å². The van der Waals surface area contributed by atoms with E-state index in [1.807, 2.05) is 19.9 Å². The number of aromatic nitrogens is 2. The molecular formula is C45H58N4O9. The van der Waals surface area contributed by atoms with Gasteiger partial charge in [0.05, 0.1) is 33.1 Å². The Hall–Kier alpha value is -5.85. The first-order chi connectivity index (χ1) is 27.5. The second kappa shape index (κ2) is 19.5. The van der Waals surface area contributed by atoms with Crippen molar-refractivity contribution in [3.63, 3.8) is 0 Å². The van der Waals surface area contributed by atoms with Gasteiger partial charge in [0.25, 0.3) is 5.91 Å². The largest absolute Gasteiger partial charge is 0.497 e. The average molecular weight is 799 g/mol. The summed E-state index contributed by atoms with van der Waals surface area (Å²) >= 11 is 0. The summed E-state index contributed by atoms with van der Waals surface area (Å²) in [5, 5.41) is 5.55. The Morgan fingerprint density at radius 1 is 0.793 bits per heavy atom. The number of hydrogen-bond acceptors (Lipinski definition) is 9. The molecule has 1 heterocycles. The zero-order valence-corrected chi connectivity index (χ0v) is 35.4. The number of imidazole rings is 1. The van der Waals surface area contributed by atoms with Crippen LogP contribution in [0.25, 0.3) is 0 Å². The summed E-state index contributed by atoms with van der Waals surface area (Å²) in [7, 11) is 2.88. The van der Waals surface area contributed by atoms with Gasteiger partial charge < -0.3 is 29.6 Å². The number of ether oxygens (including phenoxy) is 4. The average Bonchev–Trinajstić information content (AvgIpc) is 3.58. The molecule has 58 heavy (non-hydrogen) atoms. The van der Waals surface area contributed by atoms with Gasteiger partial charge in [-0.1, -0.05) is 67.5 Å². The van der Waals surface area contributed by atoms with E-state index in [1.165, 1.54) is 44.2 Å². The number of benzene rings is 3. The van der Waals surface area contributed by atoms with Crippen molar-refractivity contribution in [1.82, 2.24) is 9.13 Å². The number of carbonyl (C=O) groups excluding carboxylic acids is 4. The van der Waals surface area contributed by atoms with E-state index in [9.17, 15) is 24.0 Å². The normalized spacial score (nSPS) is 12.1. The van der Waals surface area contributed by atoms with Crippen LogP contribution in [0.15, 0.2) is 77.9 Å². The van der Waals surface area contributed by atoms with Gasteiger partial charge >= 0.3 is 11.8 Å². The molecule has 0 fully saturated rings. The maximum absolute atomic E-state index is 14.1. The summed E-state index contributed by atoms with van der Waals surface area (Å²) in [5.41, 5.74) is 2.00. The highest BCUT2D eigenvalue weighted by atomic mass is 16.6. The molecule has 0 saturated carbocycles. The van der Waals surface area contributed by atoms with Crippen molar-refractivity contribution in [2.75, 3.05) is 38.1 Å². The van der Waals surface area contributed by atoms with Gasteiger partial charge in [0.2, 0.25) is 5.91 Å². The van der Waals surface area contributed by atoms with Crippen molar-refractivity contribution in [2.45, 2.75) is 97.9 Å². The molecule has 13 nitrogen and oxygen atoms in total. The van der Waals surface area contributed by atoms with E-state index in [1.54, 1.807) is 24.3 Å². The van der Waals surface area contributed by atoms with Crippen molar-refractivity contribution in [2.24, 2.45) is 5.92 Å². The topological polar surface area (TPSA) is 156 Å². The van der Waals surface area contributed by atoms with Crippen LogP contribution >= 0.6 is 0 Å². The van der Waals surface area contributed by atoms with E-state index in [0.29, 0.717) is 29.0 Å². The highest BCUT2D eigenvalue weighted by Gasteiger charge is 2.33. The van der Waals surface area contributed by atoms with Crippen LogP contribution in [0.2, 0.25) is 0 Å². The molecule has 0 radical (unpaired) electrons. The third kappa shape index (κ3) is 11.0. The second-order valence-corrected chi connectivity index (χ2v) is 15.9. The fourth-order valence-electron chi connectivity index (χ4n) is 6.04. The van der Waals surface area contributed by atoms with E-state index >= 15 is 0 Å². The van der Waals surface area contributed by atoms with E-state index in [-0.39, 0.29) is 52.7 Å². The van der Waals surface area contributed by atoms with Crippen molar-refractivity contribution in [3.8, 4) is 17.2 Å². The predicted molar refractivity (Wildman–Crippen MR) is 225 cm³/mol. The maximum Gasteiger partial charge on any atom is 0.422 e. The Labute approximate surface area is 341 Å². The minimum Gasteiger partial charge on any atom is -0.497 e. The number of nitrogens with one attached hydrogen (secondary N) is 2. The lowest BCUT2D eigenvalue weighted by Crippen LogP contribution is -2.40. The van der Waals surface area contributed by atoms with E-state index < -0.39 is 29.5 Å². The van der Waals surface area contributed by atoms with Crippen LogP contribution in [0.4, 0.5) is 16.2 Å². The predicted octanol–water partition coefficient (Wildman–Crippen LogP) is 8.54. The molecule has 2 amide bonds. The molecule has 0 aliphatic carbocycles. The zero-order valence-electron chi connectivity index (χ0n) is 35.4. The first-order valence-electron chi connectivity index (χ1n) is 19.7. The SMILES string of the molecule is CCC(C)(C)c1ccc(OCCCC(=O)Nc2ccc(OC)c(NC(=O)C(C(=O)c3ccc(OC)cc3)n3ccn(C(=O)OCC(C)C)c3=O)c2)c(C(C)(C)CC)c1. The quantitative estimate of drug-likeness (QED) is 0.0539. The Balaban J connectivity index is 1.51. The van der Waals surface area contributed by atoms with E-state index in [0.717, 1.165) is 34.9 Å². The molecule has 4 rings (SSSR count). The fraction of sp³-hybridized carbons (Fsp3) is 0.444. The standard InChI is InChI=1S/C45H58N4O9/c1-11-44(5,6)31-17-21-36(34(26-31)45(7,8)12-2)57-25-13-14-38(50)46-32-18-22-37(56-10)35(27-32)47-41(52)39(40(51)30-15-19-33(55-9)20-16-30)48-23-24-49(42(48)53)43(54)58-28-29(3)4/h15-24,26-27,29,39H,11-14,25,28H2,1-10H3,(H,46,50)(H,47,52). The molecule has 1 unspecified atom stereocenters. The minimum atomic E-state index is -1.75. The lowest BCUT2D eigenvalue weighted by Gasteiger charge is -2.30. The number of Topliss-reactive ketones (excluding diaryl/α,β-unsaturated/α-hetero) is 1. The molecule has 4 aromatic rings. The fourth-order valence-corrected chi connectivity index (χ4v) is 6.04. The summed E-state index contributed by atoms with van der Waals surface area (Å²) in [6, 6.07) is 15.4. The molecule has 312 valence electrons. The first-order valence-corrected chi connectivity index (χ1v) is 19.7. The van der Waals surface area contributed by atoms with Gasteiger partial charge in [-0.25, -0.2) is 14.2 Å². The molecule has 2 N–H and O–H groups in total. The Morgan fingerprint density at radius 2 is 1.47 bits per heavy atom. The van der Waals surface area contributed by atoms with Crippen molar-refractivity contribution >= 4 is 35.1 Å². The van der Waals surface area contributed by atoms with Crippen LogP contribution in [0, 0.1) is 5.92 Å². The van der Waals surface area contributed by atoms with Crippen LogP contribution in [0.1, 0.15) is 109 Å². The molecule has 13 heteroatoms. The first kappa shape index (κ1) is 44.9. The third-order valence-electron chi connectivity index (χ3n) is 10.5. The number of hydrogen-bond donors (Lipinski definition) is 2. The summed E-state index contributed by atoms with van der Waals surface area (Å²) in [6.07, 6.45) is 3.94. The Kier molecular flexibility index (Phi) is 15.1. The summed E-state index contributed by atoms with van der Waals surface area (Å²) in [6.45, 7) is 17.3. The lowest BCUT2D eigenvalue weighted by molar-refractivity contribution is -0.118. The molecule has 0 aliphatic rings. The molecule has 3 aromatic carbocycles. The number of ketones is 1. The van der Waals surface area contributed by atoms with Crippen LogP contribution in [0.3, 0.4) is 0 Å². The summed E-state index contributed by atoms with van der Waals surface area (Å²) in [4.78, 5) is 67.4. The molecule has 1 aromatic heterocycles.